The minimum atomic E-state index is 0.113. The van der Waals surface area contributed by atoms with Gasteiger partial charge in [-0.2, -0.15) is 0 Å². The van der Waals surface area contributed by atoms with E-state index in [1.165, 1.54) is 70.8 Å². The van der Waals surface area contributed by atoms with E-state index < -0.39 is 0 Å². The van der Waals surface area contributed by atoms with Gasteiger partial charge in [-0.25, -0.2) is 0 Å². The van der Waals surface area contributed by atoms with Crippen LogP contribution in [-0.2, 0) is 5.41 Å². The molecule has 0 atom stereocenters. The summed E-state index contributed by atoms with van der Waals surface area (Å²) >= 11 is 0. The van der Waals surface area contributed by atoms with E-state index >= 15 is 0 Å². The van der Waals surface area contributed by atoms with Crippen LogP contribution in [0.2, 0.25) is 0 Å². The molecule has 0 saturated heterocycles. The Hall–Kier alpha value is -5.60. The maximum Gasteiger partial charge on any atom is 0.137 e. The van der Waals surface area contributed by atoms with Crippen molar-refractivity contribution >= 4 is 49.8 Å². The first-order chi connectivity index (χ1) is 25.7. The van der Waals surface area contributed by atoms with Gasteiger partial charge in [-0.15, -0.1) is 0 Å². The van der Waals surface area contributed by atoms with E-state index in [-0.39, 0.29) is 5.41 Å². The zero-order valence-electron chi connectivity index (χ0n) is 29.1. The van der Waals surface area contributed by atoms with Crippen molar-refractivity contribution in [2.24, 2.45) is 23.7 Å². The zero-order valence-corrected chi connectivity index (χ0v) is 29.1. The molecule has 5 aliphatic rings. The van der Waals surface area contributed by atoms with Crippen molar-refractivity contribution in [3.8, 4) is 22.3 Å². The fourth-order valence-electron chi connectivity index (χ4n) is 11.9. The molecule has 1 spiro atoms. The van der Waals surface area contributed by atoms with Crippen LogP contribution in [0.4, 0.5) is 17.1 Å². The van der Waals surface area contributed by atoms with E-state index in [4.69, 9.17) is 4.42 Å². The fourth-order valence-corrected chi connectivity index (χ4v) is 11.9. The van der Waals surface area contributed by atoms with Crippen LogP contribution in [0.15, 0.2) is 156 Å². The molecule has 0 aliphatic heterocycles. The molecule has 7 aromatic carbocycles. The lowest BCUT2D eigenvalue weighted by Gasteiger charge is -2.61. The topological polar surface area (TPSA) is 16.4 Å². The first kappa shape index (κ1) is 29.0. The Kier molecular flexibility index (Phi) is 5.98. The molecule has 52 heavy (non-hydrogen) atoms. The number of hydrogen-bond donors (Lipinski definition) is 0. The van der Waals surface area contributed by atoms with Crippen LogP contribution in [0.3, 0.4) is 0 Å². The molecule has 0 radical (unpaired) electrons. The average molecular weight is 670 g/mol. The number of para-hydroxylation sites is 1. The molecule has 250 valence electrons. The predicted octanol–water partition coefficient (Wildman–Crippen LogP) is 13.6. The summed E-state index contributed by atoms with van der Waals surface area (Å²) in [6.07, 6.45) is 6.99. The van der Waals surface area contributed by atoms with Crippen LogP contribution in [0.25, 0.3) is 55.0 Å². The second-order valence-corrected chi connectivity index (χ2v) is 16.1. The van der Waals surface area contributed by atoms with Crippen molar-refractivity contribution < 1.29 is 4.42 Å². The molecular formula is C50H39NO. The van der Waals surface area contributed by atoms with E-state index in [2.05, 4.69) is 157 Å². The molecule has 1 heterocycles. The molecule has 4 fully saturated rings. The van der Waals surface area contributed by atoms with Crippen molar-refractivity contribution in [1.82, 2.24) is 0 Å². The standard InChI is InChI=1S/C50H39NO/c1-2-11-39-33(9-1)10-7-14-40(39)34-19-21-37(22-20-34)51(38-23-24-42-41-12-4-6-18-47(41)52-48(42)30-38)46-17-8-16-45-49(46)43-13-3-5-15-44(43)50(45)35-26-31-25-32(28-35)29-36(50)27-31/h1-24,30-32,35-36H,25-29H2. The van der Waals surface area contributed by atoms with Crippen LogP contribution in [0.5, 0.6) is 0 Å². The van der Waals surface area contributed by atoms with Crippen LogP contribution >= 0.6 is 0 Å². The minimum Gasteiger partial charge on any atom is -0.456 e. The largest absolute Gasteiger partial charge is 0.456 e. The molecule has 0 amide bonds. The first-order valence-corrected chi connectivity index (χ1v) is 19.3. The van der Waals surface area contributed by atoms with Gasteiger partial charge in [-0.3, -0.25) is 0 Å². The lowest BCUT2D eigenvalue weighted by Crippen LogP contribution is -2.55. The molecular weight excluding hydrogens is 631 g/mol. The SMILES string of the molecule is c1ccc2c(c1)-c1c(N(c3ccc(-c4cccc5ccccc45)cc3)c3ccc4c(c3)oc3ccccc34)cccc1C21C2CC3CC(C2)CC1C3. The monoisotopic (exact) mass is 669 g/mol. The highest BCUT2D eigenvalue weighted by Crippen LogP contribution is 2.70. The van der Waals surface area contributed by atoms with E-state index in [1.54, 1.807) is 11.1 Å². The Labute approximate surface area is 304 Å². The Bertz CT molecular complexity index is 2680. The summed E-state index contributed by atoms with van der Waals surface area (Å²) in [4.78, 5) is 2.50. The van der Waals surface area contributed by atoms with Crippen LogP contribution in [-0.4, -0.2) is 0 Å². The number of fused-ring (bicyclic) bond motifs is 7. The summed E-state index contributed by atoms with van der Waals surface area (Å²) in [5.41, 5.74) is 14.0. The highest BCUT2D eigenvalue weighted by atomic mass is 16.3. The van der Waals surface area contributed by atoms with E-state index in [1.807, 2.05) is 0 Å². The fraction of sp³-hybridized carbons (Fsp3) is 0.200. The normalized spacial score (nSPS) is 23.8. The number of benzene rings is 7. The summed E-state index contributed by atoms with van der Waals surface area (Å²) in [6, 6.07) is 56.5. The van der Waals surface area contributed by atoms with E-state index in [0.717, 1.165) is 57.0 Å². The third-order valence-electron chi connectivity index (χ3n) is 13.6. The molecule has 2 nitrogen and oxygen atoms in total. The maximum absolute atomic E-state index is 6.51. The van der Waals surface area contributed by atoms with Crippen molar-refractivity contribution in [3.63, 3.8) is 0 Å². The van der Waals surface area contributed by atoms with Gasteiger partial charge in [0, 0.05) is 39.2 Å². The van der Waals surface area contributed by atoms with Crippen molar-refractivity contribution in [1.29, 1.82) is 0 Å². The van der Waals surface area contributed by atoms with Crippen molar-refractivity contribution in [3.05, 3.63) is 163 Å². The maximum atomic E-state index is 6.51. The van der Waals surface area contributed by atoms with Crippen LogP contribution in [0, 0.1) is 23.7 Å². The van der Waals surface area contributed by atoms with E-state index in [0.29, 0.717) is 0 Å². The molecule has 13 rings (SSSR count). The Morgan fingerprint density at radius 2 is 1.12 bits per heavy atom. The lowest BCUT2D eigenvalue weighted by atomic mass is 9.43. The second-order valence-electron chi connectivity index (χ2n) is 16.1. The first-order valence-electron chi connectivity index (χ1n) is 19.3. The van der Waals surface area contributed by atoms with Crippen LogP contribution in [0.1, 0.15) is 43.2 Å². The summed E-state index contributed by atoms with van der Waals surface area (Å²) in [7, 11) is 0. The van der Waals surface area contributed by atoms with Crippen molar-refractivity contribution in [2.45, 2.75) is 37.5 Å². The molecule has 8 aromatic rings. The van der Waals surface area contributed by atoms with Gasteiger partial charge in [0.2, 0.25) is 0 Å². The van der Waals surface area contributed by atoms with Gasteiger partial charge < -0.3 is 9.32 Å². The number of anilines is 3. The minimum absolute atomic E-state index is 0.113. The third kappa shape index (κ3) is 3.90. The molecule has 2 heteroatoms. The summed E-state index contributed by atoms with van der Waals surface area (Å²) < 4.78 is 6.51. The third-order valence-corrected chi connectivity index (χ3v) is 13.6. The van der Waals surface area contributed by atoms with Gasteiger partial charge in [0.05, 0.1) is 5.69 Å². The number of nitrogens with zero attached hydrogens (tertiary/aromatic N) is 1. The quantitative estimate of drug-likeness (QED) is 0.185. The number of hydrogen-bond acceptors (Lipinski definition) is 2. The van der Waals surface area contributed by atoms with Gasteiger partial charge in [0.25, 0.3) is 0 Å². The average Bonchev–Trinajstić information content (AvgIpc) is 3.71. The van der Waals surface area contributed by atoms with E-state index in [9.17, 15) is 0 Å². The van der Waals surface area contributed by atoms with Gasteiger partial charge in [0.15, 0.2) is 0 Å². The lowest BCUT2D eigenvalue weighted by molar-refractivity contribution is -0.0399. The summed E-state index contributed by atoms with van der Waals surface area (Å²) in [6.45, 7) is 0. The molecule has 4 saturated carbocycles. The summed E-state index contributed by atoms with van der Waals surface area (Å²) in [5.74, 6) is 3.28. The summed E-state index contributed by atoms with van der Waals surface area (Å²) in [5, 5.41) is 4.86. The van der Waals surface area contributed by atoms with Crippen LogP contribution < -0.4 is 4.90 Å². The molecule has 0 unspecified atom stereocenters. The molecule has 1 aromatic heterocycles. The Morgan fingerprint density at radius 1 is 0.481 bits per heavy atom. The highest BCUT2D eigenvalue weighted by Gasteiger charge is 2.61. The second kappa shape index (κ2) is 10.7. The van der Waals surface area contributed by atoms with Gasteiger partial charge in [-0.05, 0) is 131 Å². The smallest absolute Gasteiger partial charge is 0.137 e. The van der Waals surface area contributed by atoms with Gasteiger partial charge in [0.1, 0.15) is 11.2 Å². The van der Waals surface area contributed by atoms with Gasteiger partial charge in [-0.1, -0.05) is 109 Å². The number of furan rings is 1. The molecule has 5 aliphatic carbocycles. The van der Waals surface area contributed by atoms with Crippen molar-refractivity contribution in [2.75, 3.05) is 4.90 Å². The molecule has 0 N–H and O–H groups in total. The zero-order chi connectivity index (χ0) is 34.0. The van der Waals surface area contributed by atoms with Gasteiger partial charge >= 0.3 is 0 Å². The number of rotatable bonds is 4. The Balaban J connectivity index is 1.08. The highest BCUT2D eigenvalue weighted by molar-refractivity contribution is 6.06. The molecule has 4 bridgehead atoms. The Morgan fingerprint density at radius 3 is 1.96 bits per heavy atom. The predicted molar refractivity (Wildman–Crippen MR) is 215 cm³/mol.